The molecule has 1 aromatic carbocycles. The van der Waals surface area contributed by atoms with Gasteiger partial charge in [-0.15, -0.1) is 0 Å². The second kappa shape index (κ2) is 6.70. The molecule has 2 rings (SSSR count). The Morgan fingerprint density at radius 2 is 1.74 bits per heavy atom. The van der Waals surface area contributed by atoms with Crippen molar-refractivity contribution in [1.29, 1.82) is 0 Å². The molecule has 2 N–H and O–H groups in total. The summed E-state index contributed by atoms with van der Waals surface area (Å²) < 4.78 is 22.8. The van der Waals surface area contributed by atoms with Crippen LogP contribution in [0.1, 0.15) is 37.7 Å². The SMILES string of the molecule is CS(=O)(=O)C1(C(=O)Nc2ccc(CCC(=O)O)cc2)CCCC1. The lowest BCUT2D eigenvalue weighted by Gasteiger charge is -2.25. The first-order valence-corrected chi connectivity index (χ1v) is 9.45. The molecule has 126 valence electrons. The van der Waals surface area contributed by atoms with Gasteiger partial charge in [0.05, 0.1) is 0 Å². The molecular weight excluding hydrogens is 318 g/mol. The first-order valence-electron chi connectivity index (χ1n) is 7.56. The van der Waals surface area contributed by atoms with Crippen molar-refractivity contribution in [1.82, 2.24) is 0 Å². The van der Waals surface area contributed by atoms with Gasteiger partial charge in [0.15, 0.2) is 14.6 Å². The van der Waals surface area contributed by atoms with Crippen molar-refractivity contribution in [3.05, 3.63) is 29.8 Å². The predicted octanol–water partition coefficient (Wildman–Crippen LogP) is 2.00. The Morgan fingerprint density at radius 1 is 1.17 bits per heavy atom. The van der Waals surface area contributed by atoms with Crippen LogP contribution in [-0.4, -0.2) is 36.4 Å². The normalized spacial score (nSPS) is 16.9. The van der Waals surface area contributed by atoms with E-state index in [1.165, 1.54) is 0 Å². The summed E-state index contributed by atoms with van der Waals surface area (Å²) in [4.78, 5) is 23.1. The van der Waals surface area contributed by atoms with Gasteiger partial charge in [-0.25, -0.2) is 8.42 Å². The van der Waals surface area contributed by atoms with E-state index in [1.807, 2.05) is 0 Å². The first-order chi connectivity index (χ1) is 10.7. The standard InChI is InChI=1S/C16H21NO5S/c1-23(21,22)16(10-2-3-11-16)15(20)17-13-7-4-12(5-8-13)6-9-14(18)19/h4-5,7-8H,2-3,6,9-11H2,1H3,(H,17,20)(H,18,19). The Hall–Kier alpha value is -1.89. The van der Waals surface area contributed by atoms with Crippen molar-refractivity contribution in [3.8, 4) is 0 Å². The van der Waals surface area contributed by atoms with Gasteiger partial charge in [0.1, 0.15) is 0 Å². The Morgan fingerprint density at radius 3 is 2.22 bits per heavy atom. The minimum absolute atomic E-state index is 0.0445. The molecule has 0 unspecified atom stereocenters. The molecule has 7 heteroatoms. The summed E-state index contributed by atoms with van der Waals surface area (Å²) in [6, 6.07) is 6.81. The van der Waals surface area contributed by atoms with Gasteiger partial charge in [-0.2, -0.15) is 0 Å². The van der Waals surface area contributed by atoms with E-state index >= 15 is 0 Å². The lowest BCUT2D eigenvalue weighted by Crippen LogP contribution is -2.47. The van der Waals surface area contributed by atoms with Gasteiger partial charge >= 0.3 is 5.97 Å². The summed E-state index contributed by atoms with van der Waals surface area (Å²) >= 11 is 0. The molecule has 0 saturated heterocycles. The van der Waals surface area contributed by atoms with E-state index in [9.17, 15) is 18.0 Å². The number of amides is 1. The van der Waals surface area contributed by atoms with Crippen LogP contribution in [0, 0.1) is 0 Å². The van der Waals surface area contributed by atoms with E-state index < -0.39 is 26.5 Å². The third-order valence-corrected chi connectivity index (χ3v) is 6.39. The van der Waals surface area contributed by atoms with Crippen LogP contribution in [0.2, 0.25) is 0 Å². The molecule has 1 aromatic rings. The molecule has 1 aliphatic rings. The van der Waals surface area contributed by atoms with E-state index in [0.29, 0.717) is 24.9 Å². The van der Waals surface area contributed by atoms with Gasteiger partial charge in [-0.05, 0) is 37.0 Å². The number of hydrogen-bond acceptors (Lipinski definition) is 4. The zero-order valence-corrected chi connectivity index (χ0v) is 13.9. The van der Waals surface area contributed by atoms with Crippen LogP contribution < -0.4 is 5.32 Å². The molecule has 0 aliphatic heterocycles. The minimum Gasteiger partial charge on any atom is -0.481 e. The number of benzene rings is 1. The van der Waals surface area contributed by atoms with Crippen molar-refractivity contribution in [3.63, 3.8) is 0 Å². The number of carbonyl (C=O) groups is 2. The average molecular weight is 339 g/mol. The number of carboxylic acids is 1. The second-order valence-corrected chi connectivity index (χ2v) is 8.34. The summed E-state index contributed by atoms with van der Waals surface area (Å²) in [5, 5.41) is 11.3. The third kappa shape index (κ3) is 3.90. The number of aliphatic carboxylic acids is 1. The molecule has 23 heavy (non-hydrogen) atoms. The molecule has 0 atom stereocenters. The molecular formula is C16H21NO5S. The van der Waals surface area contributed by atoms with Gasteiger partial charge in [0, 0.05) is 18.4 Å². The number of carboxylic acid groups (broad SMARTS) is 1. The molecule has 0 radical (unpaired) electrons. The summed E-state index contributed by atoms with van der Waals surface area (Å²) in [6.07, 6.45) is 3.75. The highest BCUT2D eigenvalue weighted by molar-refractivity contribution is 7.92. The summed E-state index contributed by atoms with van der Waals surface area (Å²) in [7, 11) is -3.49. The monoisotopic (exact) mass is 339 g/mol. The number of rotatable bonds is 6. The summed E-state index contributed by atoms with van der Waals surface area (Å²) in [6.45, 7) is 0. The third-order valence-electron chi connectivity index (χ3n) is 4.37. The fraction of sp³-hybridized carbons (Fsp3) is 0.500. The van der Waals surface area contributed by atoms with Crippen LogP contribution in [0.25, 0.3) is 0 Å². The predicted molar refractivity (Wildman–Crippen MR) is 87.1 cm³/mol. The highest BCUT2D eigenvalue weighted by Gasteiger charge is 2.49. The van der Waals surface area contributed by atoms with Crippen LogP contribution in [0.5, 0.6) is 0 Å². The van der Waals surface area contributed by atoms with E-state index in [-0.39, 0.29) is 6.42 Å². The Bertz CT molecular complexity index is 688. The van der Waals surface area contributed by atoms with Crippen molar-refractivity contribution < 1.29 is 23.1 Å². The number of sulfone groups is 1. The van der Waals surface area contributed by atoms with E-state index in [2.05, 4.69) is 5.32 Å². The maximum atomic E-state index is 12.5. The molecule has 0 heterocycles. The molecule has 0 aromatic heterocycles. The topological polar surface area (TPSA) is 101 Å². The lowest BCUT2D eigenvalue weighted by atomic mass is 10.1. The van der Waals surface area contributed by atoms with Crippen LogP contribution >= 0.6 is 0 Å². The summed E-state index contributed by atoms with van der Waals surface area (Å²) in [5.74, 6) is -1.34. The maximum Gasteiger partial charge on any atom is 0.303 e. The van der Waals surface area contributed by atoms with Crippen LogP contribution in [-0.2, 0) is 25.8 Å². The van der Waals surface area contributed by atoms with Crippen LogP contribution in [0.4, 0.5) is 5.69 Å². The number of anilines is 1. The van der Waals surface area contributed by atoms with Crippen molar-refractivity contribution >= 4 is 27.4 Å². The van der Waals surface area contributed by atoms with Gasteiger partial charge in [0.2, 0.25) is 5.91 Å². The second-order valence-electron chi connectivity index (χ2n) is 6.02. The van der Waals surface area contributed by atoms with Gasteiger partial charge < -0.3 is 10.4 Å². The zero-order chi connectivity index (χ0) is 17.1. The minimum atomic E-state index is -3.49. The number of nitrogens with one attached hydrogen (secondary N) is 1. The quantitative estimate of drug-likeness (QED) is 0.825. The molecule has 6 nitrogen and oxygen atoms in total. The van der Waals surface area contributed by atoms with Crippen molar-refractivity contribution in [2.75, 3.05) is 11.6 Å². The number of carbonyl (C=O) groups excluding carboxylic acids is 1. The first kappa shape index (κ1) is 17.5. The molecule has 1 saturated carbocycles. The van der Waals surface area contributed by atoms with Gasteiger partial charge in [-0.3, -0.25) is 9.59 Å². The molecule has 1 amide bonds. The van der Waals surface area contributed by atoms with E-state index in [0.717, 1.165) is 24.7 Å². The van der Waals surface area contributed by atoms with Crippen molar-refractivity contribution in [2.24, 2.45) is 0 Å². The molecule has 0 bridgehead atoms. The van der Waals surface area contributed by atoms with E-state index in [1.54, 1.807) is 24.3 Å². The average Bonchev–Trinajstić information content (AvgIpc) is 2.97. The molecule has 0 spiro atoms. The highest BCUT2D eigenvalue weighted by atomic mass is 32.2. The molecule has 1 aliphatic carbocycles. The fourth-order valence-electron chi connectivity index (χ4n) is 2.96. The van der Waals surface area contributed by atoms with Crippen molar-refractivity contribution in [2.45, 2.75) is 43.3 Å². The number of hydrogen-bond donors (Lipinski definition) is 2. The Kier molecular flexibility index (Phi) is 5.09. The highest BCUT2D eigenvalue weighted by Crippen LogP contribution is 2.37. The largest absolute Gasteiger partial charge is 0.481 e. The van der Waals surface area contributed by atoms with Gasteiger partial charge in [0.25, 0.3) is 0 Å². The summed E-state index contributed by atoms with van der Waals surface area (Å²) in [5.41, 5.74) is 1.37. The Balaban J connectivity index is 2.09. The molecule has 1 fully saturated rings. The Labute approximate surface area is 135 Å². The lowest BCUT2D eigenvalue weighted by molar-refractivity contribution is -0.137. The maximum absolute atomic E-state index is 12.5. The van der Waals surface area contributed by atoms with E-state index in [4.69, 9.17) is 5.11 Å². The smallest absolute Gasteiger partial charge is 0.303 e. The fourth-order valence-corrected chi connectivity index (χ4v) is 4.38. The number of aryl methyl sites for hydroxylation is 1. The van der Waals surface area contributed by atoms with Crippen LogP contribution in [0.15, 0.2) is 24.3 Å². The van der Waals surface area contributed by atoms with Crippen LogP contribution in [0.3, 0.4) is 0 Å². The zero-order valence-electron chi connectivity index (χ0n) is 13.0. The van der Waals surface area contributed by atoms with Gasteiger partial charge in [-0.1, -0.05) is 25.0 Å².